The monoisotopic (exact) mass is 432 g/mol. The van der Waals surface area contributed by atoms with E-state index in [1.54, 1.807) is 30.5 Å². The van der Waals surface area contributed by atoms with E-state index in [-0.39, 0.29) is 24.8 Å². The molecule has 3 aromatic rings. The lowest BCUT2D eigenvalue weighted by Gasteiger charge is -2.20. The Hall–Kier alpha value is -3.51. The van der Waals surface area contributed by atoms with Crippen LogP contribution < -0.4 is 10.2 Å². The molecule has 0 saturated heterocycles. The molecule has 0 fully saturated rings. The van der Waals surface area contributed by atoms with Crippen molar-refractivity contribution in [3.63, 3.8) is 0 Å². The quantitative estimate of drug-likeness (QED) is 0.640. The molecule has 0 bridgehead atoms. The first kappa shape index (κ1) is 20.8. The largest absolute Gasteiger partial charge is 0.324 e. The van der Waals surface area contributed by atoms with Gasteiger partial charge in [-0.3, -0.25) is 14.5 Å². The lowest BCUT2D eigenvalue weighted by molar-refractivity contribution is -0.120. The van der Waals surface area contributed by atoms with Gasteiger partial charge in [-0.05, 0) is 49.2 Å². The number of pyridine rings is 1. The number of hydrogen-bond donors (Lipinski definition) is 1. The van der Waals surface area contributed by atoms with Gasteiger partial charge in [-0.15, -0.1) is 0 Å². The Bertz CT molecular complexity index is 1190. The van der Waals surface area contributed by atoms with Gasteiger partial charge in [-0.1, -0.05) is 47.5 Å². The van der Waals surface area contributed by atoms with Crippen LogP contribution in [0.15, 0.2) is 65.8 Å². The Morgan fingerprint density at radius 2 is 1.90 bits per heavy atom. The van der Waals surface area contributed by atoms with Crippen LogP contribution >= 0.6 is 11.6 Å². The van der Waals surface area contributed by atoms with Crippen molar-refractivity contribution in [3.05, 3.63) is 82.5 Å². The Labute approximate surface area is 185 Å². The Morgan fingerprint density at radius 1 is 1.13 bits per heavy atom. The number of carbonyl (C=O) groups is 2. The van der Waals surface area contributed by atoms with E-state index in [0.717, 1.165) is 16.7 Å². The van der Waals surface area contributed by atoms with Gasteiger partial charge in [-0.25, -0.2) is 9.98 Å². The molecule has 7 heteroatoms. The van der Waals surface area contributed by atoms with Gasteiger partial charge in [0.05, 0.1) is 12.1 Å². The third-order valence-electron chi connectivity index (χ3n) is 5.04. The SMILES string of the molecule is Cc1ccc(C2=Nc3cccnc3N(CC(=O)Nc3ccc(C)c(Cl)c3)C(=O)C2)cc1. The molecular formula is C24H21ClN4O2. The molecule has 1 aliphatic heterocycles. The zero-order valence-corrected chi connectivity index (χ0v) is 18.0. The fourth-order valence-corrected chi connectivity index (χ4v) is 3.50. The summed E-state index contributed by atoms with van der Waals surface area (Å²) in [4.78, 5) is 36.2. The summed E-state index contributed by atoms with van der Waals surface area (Å²) in [5.74, 6) is -0.218. The van der Waals surface area contributed by atoms with Gasteiger partial charge >= 0.3 is 0 Å². The number of nitrogens with one attached hydrogen (secondary N) is 1. The minimum absolute atomic E-state index is 0.0725. The minimum atomic E-state index is -0.344. The molecule has 1 N–H and O–H groups in total. The first-order valence-corrected chi connectivity index (χ1v) is 10.2. The van der Waals surface area contributed by atoms with Crippen molar-refractivity contribution >= 4 is 46.3 Å². The molecular weight excluding hydrogens is 412 g/mol. The van der Waals surface area contributed by atoms with Crippen LogP contribution in [0, 0.1) is 13.8 Å². The van der Waals surface area contributed by atoms with Gasteiger partial charge < -0.3 is 5.32 Å². The molecule has 6 nitrogen and oxygen atoms in total. The Balaban J connectivity index is 1.59. The normalized spacial score (nSPS) is 13.3. The van der Waals surface area contributed by atoms with Crippen molar-refractivity contribution in [2.24, 2.45) is 4.99 Å². The number of hydrogen-bond acceptors (Lipinski definition) is 4. The summed E-state index contributed by atoms with van der Waals surface area (Å²) >= 11 is 6.14. The summed E-state index contributed by atoms with van der Waals surface area (Å²) in [7, 11) is 0. The van der Waals surface area contributed by atoms with E-state index in [4.69, 9.17) is 16.6 Å². The molecule has 156 valence electrons. The molecule has 4 rings (SSSR count). The molecule has 0 aliphatic carbocycles. The Morgan fingerprint density at radius 3 is 2.65 bits per heavy atom. The topological polar surface area (TPSA) is 74.7 Å². The van der Waals surface area contributed by atoms with Crippen molar-refractivity contribution < 1.29 is 9.59 Å². The number of aryl methyl sites for hydroxylation is 2. The van der Waals surface area contributed by atoms with Crippen LogP contribution in [0.2, 0.25) is 5.02 Å². The van der Waals surface area contributed by atoms with Crippen LogP contribution in [0.5, 0.6) is 0 Å². The summed E-state index contributed by atoms with van der Waals surface area (Å²) in [5.41, 5.74) is 4.68. The molecule has 0 atom stereocenters. The van der Waals surface area contributed by atoms with Crippen molar-refractivity contribution in [1.82, 2.24) is 4.98 Å². The zero-order valence-electron chi connectivity index (χ0n) is 17.2. The third kappa shape index (κ3) is 4.64. The van der Waals surface area contributed by atoms with Crippen molar-refractivity contribution in [2.45, 2.75) is 20.3 Å². The number of aliphatic imine (C=N–C) groups is 1. The maximum absolute atomic E-state index is 13.1. The predicted molar refractivity (Wildman–Crippen MR) is 123 cm³/mol. The molecule has 1 aromatic heterocycles. The number of halogens is 1. The molecule has 0 unspecified atom stereocenters. The molecule has 2 amide bonds. The highest BCUT2D eigenvalue weighted by molar-refractivity contribution is 6.31. The van der Waals surface area contributed by atoms with Crippen LogP contribution in [0.3, 0.4) is 0 Å². The highest BCUT2D eigenvalue weighted by Gasteiger charge is 2.27. The smallest absolute Gasteiger partial charge is 0.244 e. The molecule has 0 radical (unpaired) electrons. The third-order valence-corrected chi connectivity index (χ3v) is 5.45. The van der Waals surface area contributed by atoms with Gasteiger partial charge in [0, 0.05) is 16.9 Å². The molecule has 2 aromatic carbocycles. The second-order valence-electron chi connectivity index (χ2n) is 7.44. The van der Waals surface area contributed by atoms with Gasteiger partial charge in [0.15, 0.2) is 5.82 Å². The lowest BCUT2D eigenvalue weighted by atomic mass is 10.1. The molecule has 1 aliphatic rings. The minimum Gasteiger partial charge on any atom is -0.324 e. The molecule has 0 saturated carbocycles. The first-order chi connectivity index (χ1) is 14.9. The van der Waals surface area contributed by atoms with E-state index in [9.17, 15) is 9.59 Å². The second kappa shape index (κ2) is 8.70. The molecule has 31 heavy (non-hydrogen) atoms. The van der Waals surface area contributed by atoms with Crippen LogP contribution in [0.4, 0.5) is 17.2 Å². The summed E-state index contributed by atoms with van der Waals surface area (Å²) in [6, 6.07) is 16.7. The highest BCUT2D eigenvalue weighted by Crippen LogP contribution is 2.31. The van der Waals surface area contributed by atoms with Crippen LogP contribution in [-0.4, -0.2) is 29.1 Å². The Kier molecular flexibility index (Phi) is 5.82. The van der Waals surface area contributed by atoms with E-state index < -0.39 is 0 Å². The van der Waals surface area contributed by atoms with Crippen LogP contribution in [0.1, 0.15) is 23.1 Å². The molecule has 2 heterocycles. The number of amides is 2. The number of benzene rings is 2. The fraction of sp³-hybridized carbons (Fsp3) is 0.167. The van der Waals surface area contributed by atoms with E-state index in [1.807, 2.05) is 44.2 Å². The second-order valence-corrected chi connectivity index (χ2v) is 7.85. The average Bonchev–Trinajstić information content (AvgIpc) is 2.88. The van der Waals surface area contributed by atoms with E-state index in [0.29, 0.717) is 27.9 Å². The fourth-order valence-electron chi connectivity index (χ4n) is 3.32. The number of nitrogens with zero attached hydrogens (tertiary/aromatic N) is 3. The van der Waals surface area contributed by atoms with E-state index >= 15 is 0 Å². The first-order valence-electron chi connectivity index (χ1n) is 9.87. The van der Waals surface area contributed by atoms with E-state index in [1.165, 1.54) is 4.90 Å². The van der Waals surface area contributed by atoms with Crippen LogP contribution in [0.25, 0.3) is 0 Å². The van der Waals surface area contributed by atoms with Crippen molar-refractivity contribution in [3.8, 4) is 0 Å². The maximum atomic E-state index is 13.1. The standard InChI is InChI=1S/C24H21ClN4O2/c1-15-5-8-17(9-6-15)21-13-23(31)29(24-20(28-21)4-3-11-26-24)14-22(30)27-18-10-7-16(2)19(25)12-18/h3-12H,13-14H2,1-2H3,(H,27,30). The lowest BCUT2D eigenvalue weighted by Crippen LogP contribution is -2.39. The van der Waals surface area contributed by atoms with Gasteiger partial charge in [-0.2, -0.15) is 0 Å². The average molecular weight is 433 g/mol. The van der Waals surface area contributed by atoms with Gasteiger partial charge in [0.25, 0.3) is 0 Å². The van der Waals surface area contributed by atoms with Crippen molar-refractivity contribution in [1.29, 1.82) is 0 Å². The number of anilines is 2. The van der Waals surface area contributed by atoms with Gasteiger partial charge in [0.2, 0.25) is 11.8 Å². The van der Waals surface area contributed by atoms with Crippen molar-refractivity contribution in [2.75, 3.05) is 16.8 Å². The zero-order chi connectivity index (χ0) is 22.0. The highest BCUT2D eigenvalue weighted by atomic mass is 35.5. The van der Waals surface area contributed by atoms with Crippen LogP contribution in [-0.2, 0) is 9.59 Å². The number of aromatic nitrogens is 1. The maximum Gasteiger partial charge on any atom is 0.244 e. The van der Waals surface area contributed by atoms with E-state index in [2.05, 4.69) is 10.3 Å². The summed E-state index contributed by atoms with van der Waals surface area (Å²) < 4.78 is 0. The summed E-state index contributed by atoms with van der Waals surface area (Å²) in [5, 5.41) is 3.36. The van der Waals surface area contributed by atoms with Gasteiger partial charge in [0.1, 0.15) is 12.2 Å². The number of fused-ring (bicyclic) bond motifs is 1. The predicted octanol–water partition coefficient (Wildman–Crippen LogP) is 4.85. The summed E-state index contributed by atoms with van der Waals surface area (Å²) in [6.07, 6.45) is 1.66. The number of carbonyl (C=O) groups excluding carboxylic acids is 2. The number of rotatable bonds is 4. The summed E-state index contributed by atoms with van der Waals surface area (Å²) in [6.45, 7) is 3.72. The molecule has 0 spiro atoms.